The van der Waals surface area contributed by atoms with Crippen LogP contribution in [0.15, 0.2) is 35.1 Å². The van der Waals surface area contributed by atoms with Crippen LogP contribution in [0.1, 0.15) is 5.56 Å². The van der Waals surface area contributed by atoms with Crippen LogP contribution in [0.3, 0.4) is 0 Å². The Bertz CT molecular complexity index is 448. The van der Waals surface area contributed by atoms with Crippen molar-refractivity contribution in [3.63, 3.8) is 0 Å². The molecule has 94 valence electrons. The monoisotopic (exact) mass is 314 g/mol. The van der Waals surface area contributed by atoms with Crippen molar-refractivity contribution in [3.05, 3.63) is 46.3 Å². The van der Waals surface area contributed by atoms with E-state index in [1.807, 2.05) is 6.07 Å². The molecule has 0 amide bonds. The molecule has 3 nitrogen and oxygen atoms in total. The number of oxazole rings is 1. The molecule has 0 unspecified atom stereocenters. The predicted molar refractivity (Wildman–Crippen MR) is 74.8 cm³/mol. The number of hydrogen-bond donors (Lipinski definition) is 1. The van der Waals surface area contributed by atoms with Gasteiger partial charge in [0.05, 0.1) is 16.2 Å². The highest BCUT2D eigenvalue weighted by molar-refractivity contribution is 6.42. The number of benzene rings is 1. The third kappa shape index (κ3) is 4.64. The van der Waals surface area contributed by atoms with Gasteiger partial charge < -0.3 is 9.73 Å². The molecular weight excluding hydrogens is 306 g/mol. The van der Waals surface area contributed by atoms with Gasteiger partial charge in [0.2, 0.25) is 0 Å². The summed E-state index contributed by atoms with van der Waals surface area (Å²) in [7, 11) is 0. The summed E-state index contributed by atoms with van der Waals surface area (Å²) in [6.45, 7) is 0.595. The quantitative estimate of drug-likeness (QED) is 0.910. The van der Waals surface area contributed by atoms with Crippen molar-refractivity contribution >= 4 is 54.0 Å². The standard InChI is InChI=1S/C10H8Cl2N2O.2ClH/c11-8-2-1-7(5-9(8)12)6-14-10-13-3-4-15-10;;/h1-5H,6H2,(H,13,14);2*1H. The van der Waals surface area contributed by atoms with E-state index in [1.54, 1.807) is 18.3 Å². The first-order valence-corrected chi connectivity index (χ1v) is 5.08. The molecule has 0 saturated heterocycles. The number of halogens is 4. The van der Waals surface area contributed by atoms with Crippen LogP contribution < -0.4 is 5.32 Å². The SMILES string of the molecule is Cl.Cl.Clc1ccc(CNc2ncco2)cc1Cl. The van der Waals surface area contributed by atoms with E-state index in [-0.39, 0.29) is 24.8 Å². The Morgan fingerprint density at radius 3 is 2.53 bits per heavy atom. The summed E-state index contributed by atoms with van der Waals surface area (Å²) >= 11 is 11.7. The normalized spacial score (nSPS) is 9.06. The number of aromatic nitrogens is 1. The van der Waals surface area contributed by atoms with Crippen molar-refractivity contribution < 1.29 is 4.42 Å². The van der Waals surface area contributed by atoms with Crippen LogP contribution in [0.2, 0.25) is 10.0 Å². The molecule has 1 N–H and O–H groups in total. The van der Waals surface area contributed by atoms with Crippen LogP contribution in [0.5, 0.6) is 0 Å². The maximum atomic E-state index is 5.88. The molecule has 2 aromatic rings. The second kappa shape index (κ2) is 7.67. The highest BCUT2D eigenvalue weighted by Crippen LogP contribution is 2.22. The fourth-order valence-corrected chi connectivity index (χ4v) is 1.46. The van der Waals surface area contributed by atoms with Gasteiger partial charge in [0, 0.05) is 6.54 Å². The van der Waals surface area contributed by atoms with Crippen molar-refractivity contribution in [1.29, 1.82) is 0 Å². The first-order chi connectivity index (χ1) is 7.25. The molecule has 0 spiro atoms. The molecule has 0 radical (unpaired) electrons. The molecule has 2 rings (SSSR count). The molecule has 1 aromatic carbocycles. The zero-order valence-corrected chi connectivity index (χ0v) is 11.7. The van der Waals surface area contributed by atoms with E-state index < -0.39 is 0 Å². The summed E-state index contributed by atoms with van der Waals surface area (Å²) < 4.78 is 5.03. The van der Waals surface area contributed by atoms with Gasteiger partial charge >= 0.3 is 0 Å². The zero-order valence-electron chi connectivity index (χ0n) is 8.52. The van der Waals surface area contributed by atoms with Gasteiger partial charge in [-0.05, 0) is 17.7 Å². The van der Waals surface area contributed by atoms with Crippen LogP contribution in [0.4, 0.5) is 6.01 Å². The maximum Gasteiger partial charge on any atom is 0.294 e. The lowest BCUT2D eigenvalue weighted by Crippen LogP contribution is -1.99. The Labute approximate surface area is 121 Å². The summed E-state index contributed by atoms with van der Waals surface area (Å²) in [6, 6.07) is 5.95. The molecule has 0 bridgehead atoms. The van der Waals surface area contributed by atoms with Crippen molar-refractivity contribution in [2.24, 2.45) is 0 Å². The molecule has 0 aliphatic heterocycles. The maximum absolute atomic E-state index is 5.88. The zero-order chi connectivity index (χ0) is 10.7. The van der Waals surface area contributed by atoms with Gasteiger partial charge in [-0.25, -0.2) is 4.98 Å². The van der Waals surface area contributed by atoms with Gasteiger partial charge in [-0.15, -0.1) is 24.8 Å². The van der Waals surface area contributed by atoms with Crippen LogP contribution in [-0.2, 0) is 6.54 Å². The first-order valence-electron chi connectivity index (χ1n) is 4.33. The van der Waals surface area contributed by atoms with Crippen molar-refractivity contribution in [1.82, 2.24) is 4.98 Å². The Kier molecular flexibility index (Phi) is 7.39. The van der Waals surface area contributed by atoms with Crippen LogP contribution in [-0.4, -0.2) is 4.98 Å². The number of anilines is 1. The molecule has 0 aliphatic rings. The van der Waals surface area contributed by atoms with E-state index in [4.69, 9.17) is 27.6 Å². The lowest BCUT2D eigenvalue weighted by atomic mass is 10.2. The van der Waals surface area contributed by atoms with Crippen LogP contribution in [0, 0.1) is 0 Å². The van der Waals surface area contributed by atoms with Crippen molar-refractivity contribution in [3.8, 4) is 0 Å². The number of nitrogens with one attached hydrogen (secondary N) is 1. The molecule has 7 heteroatoms. The molecule has 0 saturated carbocycles. The first kappa shape index (κ1) is 16.4. The van der Waals surface area contributed by atoms with E-state index in [9.17, 15) is 0 Å². The summed E-state index contributed by atoms with van der Waals surface area (Å²) in [4.78, 5) is 3.93. The lowest BCUT2D eigenvalue weighted by Gasteiger charge is -2.03. The minimum atomic E-state index is 0. The molecule has 0 aliphatic carbocycles. The molecule has 17 heavy (non-hydrogen) atoms. The van der Waals surface area contributed by atoms with E-state index >= 15 is 0 Å². The largest absolute Gasteiger partial charge is 0.432 e. The molecular formula is C10H10Cl4N2O. The second-order valence-electron chi connectivity index (χ2n) is 2.94. The fraction of sp³-hybridized carbons (Fsp3) is 0.100. The fourth-order valence-electron chi connectivity index (χ4n) is 1.14. The second-order valence-corrected chi connectivity index (χ2v) is 3.75. The average Bonchev–Trinajstić information content (AvgIpc) is 2.73. The van der Waals surface area contributed by atoms with Gasteiger partial charge in [0.25, 0.3) is 6.01 Å². The van der Waals surface area contributed by atoms with Gasteiger partial charge in [0.1, 0.15) is 6.26 Å². The molecule has 0 atom stereocenters. The van der Waals surface area contributed by atoms with E-state index in [0.29, 0.717) is 22.6 Å². The predicted octanol–water partition coefficient (Wildman–Crippen LogP) is 4.44. The van der Waals surface area contributed by atoms with Crippen LogP contribution >= 0.6 is 48.0 Å². The van der Waals surface area contributed by atoms with Crippen LogP contribution in [0.25, 0.3) is 0 Å². The Hall–Kier alpha value is -0.610. The van der Waals surface area contributed by atoms with E-state index in [0.717, 1.165) is 5.56 Å². The highest BCUT2D eigenvalue weighted by atomic mass is 35.5. The minimum absolute atomic E-state index is 0. The Morgan fingerprint density at radius 1 is 1.18 bits per heavy atom. The van der Waals surface area contributed by atoms with E-state index in [1.165, 1.54) is 6.26 Å². The summed E-state index contributed by atoms with van der Waals surface area (Å²) in [5, 5.41) is 4.11. The molecule has 1 heterocycles. The third-order valence-electron chi connectivity index (χ3n) is 1.86. The summed E-state index contributed by atoms with van der Waals surface area (Å²) in [5.41, 5.74) is 1.02. The average molecular weight is 316 g/mol. The van der Waals surface area contributed by atoms with Gasteiger partial charge in [-0.2, -0.15) is 0 Å². The molecule has 1 aromatic heterocycles. The topological polar surface area (TPSA) is 38.1 Å². The Balaban J connectivity index is 0.00000128. The summed E-state index contributed by atoms with van der Waals surface area (Å²) in [5.74, 6) is 0. The van der Waals surface area contributed by atoms with Gasteiger partial charge in [-0.1, -0.05) is 29.3 Å². The highest BCUT2D eigenvalue weighted by Gasteiger charge is 2.00. The van der Waals surface area contributed by atoms with Crippen molar-refractivity contribution in [2.45, 2.75) is 6.54 Å². The van der Waals surface area contributed by atoms with Gasteiger partial charge in [-0.3, -0.25) is 0 Å². The third-order valence-corrected chi connectivity index (χ3v) is 2.60. The Morgan fingerprint density at radius 2 is 1.94 bits per heavy atom. The number of hydrogen-bond acceptors (Lipinski definition) is 3. The summed E-state index contributed by atoms with van der Waals surface area (Å²) in [6.07, 6.45) is 3.09. The van der Waals surface area contributed by atoms with Crippen molar-refractivity contribution in [2.75, 3.05) is 5.32 Å². The minimum Gasteiger partial charge on any atom is -0.432 e. The number of rotatable bonds is 3. The molecule has 0 fully saturated rings. The number of nitrogens with zero attached hydrogens (tertiary/aromatic N) is 1. The smallest absolute Gasteiger partial charge is 0.294 e. The lowest BCUT2D eigenvalue weighted by molar-refractivity contribution is 0.571. The van der Waals surface area contributed by atoms with Gasteiger partial charge in [0.15, 0.2) is 0 Å². The van der Waals surface area contributed by atoms with E-state index in [2.05, 4.69) is 10.3 Å².